The van der Waals surface area contributed by atoms with Crippen LogP contribution in [0.1, 0.15) is 5.82 Å². The molecular weight excluding hydrogens is 292 g/mol. The van der Waals surface area contributed by atoms with E-state index >= 15 is 0 Å². The third-order valence-electron chi connectivity index (χ3n) is 2.73. The molecular formula is C13H10N4OS2. The Balaban J connectivity index is 2.12. The van der Waals surface area contributed by atoms with Crippen molar-refractivity contribution >= 4 is 45.8 Å². The van der Waals surface area contributed by atoms with Gasteiger partial charge in [0.25, 0.3) is 0 Å². The fourth-order valence-electron chi connectivity index (χ4n) is 1.83. The normalized spacial score (nSPS) is 11.5. The topological polar surface area (TPSA) is 70.7 Å². The molecule has 0 spiro atoms. The zero-order valence-electron chi connectivity index (χ0n) is 10.5. The minimum atomic E-state index is 0.148. The van der Waals surface area contributed by atoms with Crippen LogP contribution in [0, 0.1) is 6.92 Å². The third-order valence-corrected chi connectivity index (χ3v) is 3.77. The number of aromatic nitrogens is 2. The Bertz CT molecular complexity index is 813. The first-order valence-corrected chi connectivity index (χ1v) is 7.03. The Labute approximate surface area is 124 Å². The maximum absolute atomic E-state index is 10.0. The summed E-state index contributed by atoms with van der Waals surface area (Å²) in [6.45, 7) is 1.80. The first kappa shape index (κ1) is 13.0. The zero-order chi connectivity index (χ0) is 14.1. The summed E-state index contributed by atoms with van der Waals surface area (Å²) in [4.78, 5) is 4.59. The number of phenolic OH excluding ortho intramolecular Hbond substituents is 1. The average molecular weight is 302 g/mol. The molecule has 5 nitrogen and oxygen atoms in total. The molecule has 0 atom stereocenters. The quantitative estimate of drug-likeness (QED) is 0.544. The molecule has 0 aliphatic rings. The lowest BCUT2D eigenvalue weighted by atomic mass is 10.1. The van der Waals surface area contributed by atoms with E-state index in [1.165, 1.54) is 11.5 Å². The van der Waals surface area contributed by atoms with E-state index in [1.54, 1.807) is 13.0 Å². The fourth-order valence-corrected chi connectivity index (χ4v) is 2.58. The average Bonchev–Trinajstić information content (AvgIpc) is 2.87. The molecule has 20 heavy (non-hydrogen) atoms. The molecule has 0 aliphatic heterocycles. The number of thiol groups is 1. The van der Waals surface area contributed by atoms with Crippen molar-refractivity contribution in [2.24, 2.45) is 10.2 Å². The minimum Gasteiger partial charge on any atom is -0.506 e. The monoisotopic (exact) mass is 302 g/mol. The van der Waals surface area contributed by atoms with Gasteiger partial charge in [-0.1, -0.05) is 24.3 Å². The first-order chi connectivity index (χ1) is 9.65. The molecule has 0 bridgehead atoms. The van der Waals surface area contributed by atoms with Crippen molar-refractivity contribution in [2.75, 3.05) is 0 Å². The van der Waals surface area contributed by atoms with E-state index in [0.717, 1.165) is 5.39 Å². The summed E-state index contributed by atoms with van der Waals surface area (Å²) in [6.07, 6.45) is 0. The summed E-state index contributed by atoms with van der Waals surface area (Å²) in [5.74, 6) is 0.823. The number of fused-ring (bicyclic) bond motifs is 1. The Kier molecular flexibility index (Phi) is 3.37. The van der Waals surface area contributed by atoms with Crippen LogP contribution in [0.15, 0.2) is 45.5 Å². The van der Waals surface area contributed by atoms with Gasteiger partial charge in [-0.2, -0.15) is 4.37 Å². The Morgan fingerprint density at radius 1 is 1.20 bits per heavy atom. The molecule has 1 aromatic heterocycles. The fraction of sp³-hybridized carbons (Fsp3) is 0.0769. The van der Waals surface area contributed by atoms with Crippen molar-refractivity contribution < 1.29 is 5.11 Å². The SMILES string of the molecule is Cc1nsc(/N=N\c2cc(S)c(O)c3ccccc23)n1. The molecule has 0 saturated carbocycles. The number of benzene rings is 2. The molecule has 1 heterocycles. The summed E-state index contributed by atoms with van der Waals surface area (Å²) in [5.41, 5.74) is 0.635. The summed E-state index contributed by atoms with van der Waals surface area (Å²) >= 11 is 5.44. The van der Waals surface area contributed by atoms with Gasteiger partial charge in [0.1, 0.15) is 11.6 Å². The number of hydrogen-bond donors (Lipinski definition) is 2. The van der Waals surface area contributed by atoms with Gasteiger partial charge >= 0.3 is 0 Å². The zero-order valence-corrected chi connectivity index (χ0v) is 12.2. The van der Waals surface area contributed by atoms with Crippen LogP contribution in [0.5, 0.6) is 5.75 Å². The molecule has 0 unspecified atom stereocenters. The number of rotatable bonds is 2. The van der Waals surface area contributed by atoms with Crippen molar-refractivity contribution in [2.45, 2.75) is 11.8 Å². The molecule has 0 amide bonds. The maximum Gasteiger partial charge on any atom is 0.249 e. The van der Waals surface area contributed by atoms with E-state index in [4.69, 9.17) is 0 Å². The van der Waals surface area contributed by atoms with Crippen LogP contribution in [0.2, 0.25) is 0 Å². The van der Waals surface area contributed by atoms with Crippen LogP contribution in [0.25, 0.3) is 10.8 Å². The lowest BCUT2D eigenvalue weighted by Gasteiger charge is -2.06. The van der Waals surface area contributed by atoms with Crippen LogP contribution in [0.3, 0.4) is 0 Å². The number of phenols is 1. The highest BCUT2D eigenvalue weighted by molar-refractivity contribution is 7.80. The summed E-state index contributed by atoms with van der Waals surface area (Å²) in [5, 5.41) is 20.3. The van der Waals surface area contributed by atoms with Crippen molar-refractivity contribution in [1.29, 1.82) is 0 Å². The largest absolute Gasteiger partial charge is 0.506 e. The molecule has 100 valence electrons. The molecule has 2 aromatic carbocycles. The number of azo groups is 1. The van der Waals surface area contributed by atoms with E-state index in [2.05, 4.69) is 32.2 Å². The van der Waals surface area contributed by atoms with Crippen molar-refractivity contribution in [3.05, 3.63) is 36.2 Å². The second-order valence-corrected chi connectivity index (χ2v) is 5.35. The minimum absolute atomic E-state index is 0.148. The standard InChI is InChI=1S/C13H10N4OS2/c1-7-14-13(20-17-7)16-15-10-6-11(19)12(18)9-5-3-2-4-8(9)10/h2-6,18-19H,1H3/b16-15-. The molecule has 7 heteroatoms. The van der Waals surface area contributed by atoms with Crippen LogP contribution in [0.4, 0.5) is 10.8 Å². The van der Waals surface area contributed by atoms with Crippen LogP contribution in [-0.2, 0) is 0 Å². The van der Waals surface area contributed by atoms with Gasteiger partial charge in [0.05, 0.1) is 5.69 Å². The van der Waals surface area contributed by atoms with Gasteiger partial charge in [0.15, 0.2) is 0 Å². The van der Waals surface area contributed by atoms with Gasteiger partial charge in [-0.3, -0.25) is 0 Å². The second-order valence-electron chi connectivity index (χ2n) is 4.13. The molecule has 0 saturated heterocycles. The second kappa shape index (κ2) is 5.18. The Morgan fingerprint density at radius 3 is 2.65 bits per heavy atom. The lowest BCUT2D eigenvalue weighted by Crippen LogP contribution is -1.77. The number of aryl methyl sites for hydroxylation is 1. The van der Waals surface area contributed by atoms with E-state index in [9.17, 15) is 5.11 Å². The summed E-state index contributed by atoms with van der Waals surface area (Å²) in [6, 6.07) is 9.11. The van der Waals surface area contributed by atoms with E-state index in [1.807, 2.05) is 24.3 Å². The van der Waals surface area contributed by atoms with Gasteiger partial charge in [-0.25, -0.2) is 4.98 Å². The van der Waals surface area contributed by atoms with Crippen molar-refractivity contribution in [3.63, 3.8) is 0 Å². The van der Waals surface area contributed by atoms with E-state index in [0.29, 0.717) is 26.9 Å². The first-order valence-electron chi connectivity index (χ1n) is 5.81. The van der Waals surface area contributed by atoms with Gasteiger partial charge in [0.2, 0.25) is 5.13 Å². The van der Waals surface area contributed by atoms with E-state index < -0.39 is 0 Å². The highest BCUT2D eigenvalue weighted by Gasteiger charge is 2.09. The molecule has 0 radical (unpaired) electrons. The van der Waals surface area contributed by atoms with Gasteiger partial charge in [-0.05, 0) is 13.0 Å². The molecule has 0 fully saturated rings. The lowest BCUT2D eigenvalue weighted by molar-refractivity contribution is 0.469. The van der Waals surface area contributed by atoms with Crippen LogP contribution < -0.4 is 0 Å². The highest BCUT2D eigenvalue weighted by atomic mass is 32.1. The van der Waals surface area contributed by atoms with Crippen molar-refractivity contribution in [3.8, 4) is 5.75 Å². The Hall–Kier alpha value is -1.99. The third kappa shape index (κ3) is 2.37. The predicted molar refractivity (Wildman–Crippen MR) is 81.7 cm³/mol. The smallest absolute Gasteiger partial charge is 0.249 e. The number of aromatic hydroxyl groups is 1. The summed E-state index contributed by atoms with van der Waals surface area (Å²) in [7, 11) is 0. The molecule has 1 N–H and O–H groups in total. The molecule has 3 aromatic rings. The van der Waals surface area contributed by atoms with Gasteiger partial charge in [0, 0.05) is 27.2 Å². The summed E-state index contributed by atoms with van der Waals surface area (Å²) < 4.78 is 4.04. The van der Waals surface area contributed by atoms with Gasteiger partial charge < -0.3 is 5.11 Å². The van der Waals surface area contributed by atoms with Crippen LogP contribution >= 0.6 is 24.2 Å². The van der Waals surface area contributed by atoms with Crippen molar-refractivity contribution in [1.82, 2.24) is 9.36 Å². The van der Waals surface area contributed by atoms with Crippen LogP contribution in [-0.4, -0.2) is 14.5 Å². The van der Waals surface area contributed by atoms with E-state index in [-0.39, 0.29) is 5.75 Å². The highest BCUT2D eigenvalue weighted by Crippen LogP contribution is 2.38. The predicted octanol–water partition coefficient (Wildman–Crippen LogP) is 4.41. The maximum atomic E-state index is 10.0. The molecule has 3 rings (SSSR count). The number of hydrogen-bond acceptors (Lipinski definition) is 7. The molecule has 0 aliphatic carbocycles. The number of nitrogens with zero attached hydrogens (tertiary/aromatic N) is 4. The van der Waals surface area contributed by atoms with Gasteiger partial charge in [-0.15, -0.1) is 22.9 Å². The Morgan fingerprint density at radius 2 is 1.95 bits per heavy atom.